The molecule has 0 radical (unpaired) electrons. The van der Waals surface area contributed by atoms with E-state index in [1.807, 2.05) is 24.3 Å². The van der Waals surface area contributed by atoms with E-state index in [9.17, 15) is 10.1 Å². The fourth-order valence-electron chi connectivity index (χ4n) is 1.64. The molecule has 0 aliphatic rings. The smallest absolute Gasteiger partial charge is 0.333 e. The summed E-state index contributed by atoms with van der Waals surface area (Å²) in [4.78, 5) is 10.4. The summed E-state index contributed by atoms with van der Waals surface area (Å²) >= 11 is 3.35. The van der Waals surface area contributed by atoms with E-state index in [1.54, 1.807) is 6.07 Å². The van der Waals surface area contributed by atoms with Gasteiger partial charge in [0.1, 0.15) is 12.3 Å². The lowest BCUT2D eigenvalue weighted by Crippen LogP contribution is -2.01. The van der Waals surface area contributed by atoms with Crippen LogP contribution in [0.4, 0.5) is 11.4 Å². The molecule has 5 nitrogen and oxygen atoms in total. The quantitative estimate of drug-likeness (QED) is 0.530. The predicted octanol–water partition coefficient (Wildman–Crippen LogP) is 3.52. The number of hydrogen-bond acceptors (Lipinski definition) is 4. The largest absolute Gasteiger partial charge is 0.482 e. The minimum Gasteiger partial charge on any atom is -0.482 e. The molecule has 0 amide bonds. The van der Waals surface area contributed by atoms with Crippen LogP contribution in [-0.4, -0.2) is 4.92 Å². The van der Waals surface area contributed by atoms with Gasteiger partial charge in [0.15, 0.2) is 5.75 Å². The molecule has 0 heterocycles. The lowest BCUT2D eigenvalue weighted by Gasteiger charge is -2.08. The van der Waals surface area contributed by atoms with Gasteiger partial charge in [-0.05, 0) is 29.8 Å². The third-order valence-electron chi connectivity index (χ3n) is 2.50. The van der Waals surface area contributed by atoms with E-state index < -0.39 is 4.92 Å². The van der Waals surface area contributed by atoms with Crippen LogP contribution in [0.1, 0.15) is 5.56 Å². The van der Waals surface area contributed by atoms with Gasteiger partial charge in [0.2, 0.25) is 0 Å². The van der Waals surface area contributed by atoms with Gasteiger partial charge in [-0.25, -0.2) is 0 Å². The van der Waals surface area contributed by atoms with Crippen molar-refractivity contribution in [1.82, 2.24) is 0 Å². The Bertz CT molecular complexity index is 617. The summed E-state index contributed by atoms with van der Waals surface area (Å²) in [5.41, 5.74) is 6.39. The summed E-state index contributed by atoms with van der Waals surface area (Å²) in [5.74, 6) is 0.171. The zero-order valence-corrected chi connectivity index (χ0v) is 11.5. The molecule has 2 rings (SSSR count). The Morgan fingerprint density at radius 3 is 2.68 bits per heavy atom. The van der Waals surface area contributed by atoms with Crippen molar-refractivity contribution in [2.24, 2.45) is 0 Å². The van der Waals surface area contributed by atoms with Gasteiger partial charge in [0.25, 0.3) is 0 Å². The number of halogens is 1. The zero-order chi connectivity index (χ0) is 13.8. The first kappa shape index (κ1) is 13.4. The predicted molar refractivity (Wildman–Crippen MR) is 76.0 cm³/mol. The third-order valence-corrected chi connectivity index (χ3v) is 2.99. The second-order valence-corrected chi connectivity index (χ2v) is 4.79. The Kier molecular flexibility index (Phi) is 4.01. The van der Waals surface area contributed by atoms with E-state index in [1.165, 1.54) is 12.1 Å². The van der Waals surface area contributed by atoms with Crippen molar-refractivity contribution < 1.29 is 9.66 Å². The Morgan fingerprint density at radius 2 is 2.00 bits per heavy atom. The molecule has 0 unspecified atom stereocenters. The van der Waals surface area contributed by atoms with Crippen molar-refractivity contribution in [3.05, 3.63) is 62.6 Å². The normalized spacial score (nSPS) is 10.2. The van der Waals surface area contributed by atoms with Crippen molar-refractivity contribution in [2.75, 3.05) is 5.73 Å². The number of para-hydroxylation sites is 1. The van der Waals surface area contributed by atoms with E-state index in [0.717, 1.165) is 10.0 Å². The van der Waals surface area contributed by atoms with Crippen LogP contribution in [0.25, 0.3) is 0 Å². The number of nitrogen functional groups attached to an aromatic ring is 1. The van der Waals surface area contributed by atoms with E-state index in [-0.39, 0.29) is 23.7 Å². The fourth-order valence-corrected chi connectivity index (χ4v) is 2.09. The topological polar surface area (TPSA) is 78.4 Å². The molecule has 2 aromatic carbocycles. The Balaban J connectivity index is 2.20. The molecule has 0 saturated heterocycles. The van der Waals surface area contributed by atoms with Gasteiger partial charge in [0, 0.05) is 4.47 Å². The van der Waals surface area contributed by atoms with Crippen LogP contribution in [0, 0.1) is 10.1 Å². The molecule has 0 aliphatic carbocycles. The Hall–Kier alpha value is -2.08. The van der Waals surface area contributed by atoms with Crippen LogP contribution in [0.2, 0.25) is 0 Å². The van der Waals surface area contributed by atoms with Crippen LogP contribution in [0.5, 0.6) is 5.75 Å². The van der Waals surface area contributed by atoms with Gasteiger partial charge in [-0.1, -0.05) is 34.1 Å². The molecule has 0 bridgehead atoms. The zero-order valence-electron chi connectivity index (χ0n) is 9.88. The van der Waals surface area contributed by atoms with Crippen LogP contribution < -0.4 is 10.5 Å². The monoisotopic (exact) mass is 322 g/mol. The standard InChI is InChI=1S/C13H11BrN2O3/c14-10-4-1-3-9(7-10)8-19-12-6-2-5-11(15)13(12)16(17)18/h1-7H,8,15H2. The molecule has 0 fully saturated rings. The molecular formula is C13H11BrN2O3. The van der Waals surface area contributed by atoms with Crippen molar-refractivity contribution in [1.29, 1.82) is 0 Å². The van der Waals surface area contributed by atoms with Crippen molar-refractivity contribution in [2.45, 2.75) is 6.61 Å². The molecule has 0 aliphatic heterocycles. The number of nitro benzene ring substituents is 1. The molecule has 0 atom stereocenters. The molecule has 0 aromatic heterocycles. The molecular weight excluding hydrogens is 312 g/mol. The number of nitrogens with zero attached hydrogens (tertiary/aromatic N) is 1. The first-order valence-electron chi connectivity index (χ1n) is 5.48. The summed E-state index contributed by atoms with van der Waals surface area (Å²) in [6.45, 7) is 0.240. The molecule has 0 spiro atoms. The maximum absolute atomic E-state index is 10.9. The molecule has 0 saturated carbocycles. The number of nitro groups is 1. The van der Waals surface area contributed by atoms with Crippen molar-refractivity contribution in [3.8, 4) is 5.75 Å². The summed E-state index contributed by atoms with van der Waals surface area (Å²) in [7, 11) is 0. The van der Waals surface area contributed by atoms with Crippen molar-refractivity contribution in [3.63, 3.8) is 0 Å². The number of hydrogen-bond donors (Lipinski definition) is 1. The van der Waals surface area contributed by atoms with Crippen molar-refractivity contribution >= 4 is 27.3 Å². The molecule has 6 heteroatoms. The van der Waals surface area contributed by atoms with Gasteiger partial charge in [-0.3, -0.25) is 10.1 Å². The SMILES string of the molecule is Nc1cccc(OCc2cccc(Br)c2)c1[N+](=O)[O-]. The maximum Gasteiger partial charge on any atom is 0.333 e. The minimum atomic E-state index is -0.536. The van der Waals surface area contributed by atoms with Crippen LogP contribution in [0.3, 0.4) is 0 Å². The highest BCUT2D eigenvalue weighted by Crippen LogP contribution is 2.33. The highest BCUT2D eigenvalue weighted by molar-refractivity contribution is 9.10. The molecule has 19 heavy (non-hydrogen) atoms. The van der Waals surface area contributed by atoms with E-state index in [2.05, 4.69) is 15.9 Å². The number of ether oxygens (including phenoxy) is 1. The lowest BCUT2D eigenvalue weighted by molar-refractivity contribution is -0.385. The number of rotatable bonds is 4. The number of nitrogens with two attached hydrogens (primary N) is 1. The van der Waals surface area contributed by atoms with Crippen LogP contribution in [0.15, 0.2) is 46.9 Å². The third kappa shape index (κ3) is 3.23. The molecule has 2 N–H and O–H groups in total. The lowest BCUT2D eigenvalue weighted by atomic mass is 10.2. The van der Waals surface area contributed by atoms with Gasteiger partial charge in [-0.15, -0.1) is 0 Å². The number of anilines is 1. The van der Waals surface area contributed by atoms with Crippen LogP contribution >= 0.6 is 15.9 Å². The molecule has 98 valence electrons. The summed E-state index contributed by atoms with van der Waals surface area (Å²) in [6.07, 6.45) is 0. The Labute approximate surface area is 118 Å². The summed E-state index contributed by atoms with van der Waals surface area (Å²) < 4.78 is 6.40. The first-order chi connectivity index (χ1) is 9.08. The van der Waals surface area contributed by atoms with Gasteiger partial charge in [-0.2, -0.15) is 0 Å². The maximum atomic E-state index is 10.9. The average Bonchev–Trinajstić information content (AvgIpc) is 2.36. The highest BCUT2D eigenvalue weighted by atomic mass is 79.9. The van der Waals surface area contributed by atoms with Crippen LogP contribution in [-0.2, 0) is 6.61 Å². The second kappa shape index (κ2) is 5.71. The number of benzene rings is 2. The average molecular weight is 323 g/mol. The van der Waals surface area contributed by atoms with Gasteiger partial charge >= 0.3 is 5.69 Å². The van der Waals surface area contributed by atoms with E-state index in [4.69, 9.17) is 10.5 Å². The molecule has 2 aromatic rings. The van der Waals surface area contributed by atoms with E-state index in [0.29, 0.717) is 0 Å². The Morgan fingerprint density at radius 1 is 1.26 bits per heavy atom. The van der Waals surface area contributed by atoms with Gasteiger partial charge in [0.05, 0.1) is 4.92 Å². The highest BCUT2D eigenvalue weighted by Gasteiger charge is 2.18. The summed E-state index contributed by atoms with van der Waals surface area (Å²) in [6, 6.07) is 12.2. The summed E-state index contributed by atoms with van der Waals surface area (Å²) in [5, 5.41) is 10.9. The first-order valence-corrected chi connectivity index (χ1v) is 6.27. The van der Waals surface area contributed by atoms with Gasteiger partial charge < -0.3 is 10.5 Å². The fraction of sp³-hybridized carbons (Fsp3) is 0.0769. The second-order valence-electron chi connectivity index (χ2n) is 3.87. The van der Waals surface area contributed by atoms with E-state index >= 15 is 0 Å². The minimum absolute atomic E-state index is 0.0942.